The number of hydrogen-bond donors (Lipinski definition) is 2. The molecule has 1 aliphatic heterocycles. The van der Waals surface area contributed by atoms with Gasteiger partial charge in [-0.25, -0.2) is 0 Å². The van der Waals surface area contributed by atoms with Crippen molar-refractivity contribution in [2.24, 2.45) is 0 Å². The number of hydrogen-bond acceptors (Lipinski definition) is 3. The highest BCUT2D eigenvalue weighted by molar-refractivity contribution is 5.96. The van der Waals surface area contributed by atoms with Crippen molar-refractivity contribution in [1.82, 2.24) is 5.32 Å². The van der Waals surface area contributed by atoms with Crippen molar-refractivity contribution < 1.29 is 14.6 Å². The van der Waals surface area contributed by atoms with Gasteiger partial charge in [0.25, 0.3) is 5.91 Å². The van der Waals surface area contributed by atoms with E-state index in [0.29, 0.717) is 25.2 Å². The Morgan fingerprint density at radius 3 is 3.10 bits per heavy atom. The molecule has 1 heterocycles. The van der Waals surface area contributed by atoms with Crippen molar-refractivity contribution in [2.45, 2.75) is 25.8 Å². The van der Waals surface area contributed by atoms with Gasteiger partial charge in [-0.15, -0.1) is 0 Å². The molecule has 2 rings (SSSR count). The fourth-order valence-corrected chi connectivity index (χ4v) is 2.14. The maximum Gasteiger partial charge on any atom is 0.251 e. The summed E-state index contributed by atoms with van der Waals surface area (Å²) in [6.45, 7) is 3.23. The molecule has 1 atom stereocenters. The van der Waals surface area contributed by atoms with Crippen LogP contribution in [0.3, 0.4) is 0 Å². The first-order valence-electron chi connectivity index (χ1n) is 6.80. The molecule has 1 aromatic rings. The number of aliphatic hydroxyl groups excluding tert-OH is 1. The Balaban J connectivity index is 2.13. The lowest BCUT2D eigenvalue weighted by molar-refractivity contribution is 0.0929. The first-order chi connectivity index (χ1) is 9.72. The highest BCUT2D eigenvalue weighted by Gasteiger charge is 2.19. The average Bonchev–Trinajstić information content (AvgIpc) is 2.93. The summed E-state index contributed by atoms with van der Waals surface area (Å²) < 4.78 is 5.25. The van der Waals surface area contributed by atoms with Crippen molar-refractivity contribution in [3.05, 3.63) is 34.9 Å². The van der Waals surface area contributed by atoms with E-state index in [1.807, 2.05) is 19.1 Å². The van der Waals surface area contributed by atoms with E-state index < -0.39 is 0 Å². The molecule has 0 saturated carbocycles. The van der Waals surface area contributed by atoms with Gasteiger partial charge in [-0.1, -0.05) is 17.9 Å². The minimum atomic E-state index is -0.0798. The molecule has 2 N–H and O–H groups in total. The van der Waals surface area contributed by atoms with E-state index in [-0.39, 0.29) is 18.6 Å². The minimum absolute atomic E-state index is 0.0495. The third kappa shape index (κ3) is 3.60. The number of aliphatic hydroxyl groups is 1. The molecule has 1 amide bonds. The Labute approximate surface area is 119 Å². The fourth-order valence-electron chi connectivity index (χ4n) is 2.14. The van der Waals surface area contributed by atoms with E-state index in [1.165, 1.54) is 0 Å². The van der Waals surface area contributed by atoms with E-state index >= 15 is 0 Å². The monoisotopic (exact) mass is 273 g/mol. The number of carbonyl (C=O) groups excluding carboxylic acids is 1. The van der Waals surface area contributed by atoms with Crippen LogP contribution in [0.25, 0.3) is 0 Å². The summed E-state index contributed by atoms with van der Waals surface area (Å²) in [6.07, 6.45) is 1.30. The lowest BCUT2D eigenvalue weighted by Gasteiger charge is -2.12. The summed E-state index contributed by atoms with van der Waals surface area (Å²) in [4.78, 5) is 12.2. The highest BCUT2D eigenvalue weighted by Crippen LogP contribution is 2.14. The van der Waals surface area contributed by atoms with Crippen molar-refractivity contribution in [1.29, 1.82) is 0 Å². The molecule has 1 saturated heterocycles. The molecule has 0 radical (unpaired) electrons. The summed E-state index contributed by atoms with van der Waals surface area (Å²) in [6, 6.07) is 5.62. The molecule has 20 heavy (non-hydrogen) atoms. The third-order valence-electron chi connectivity index (χ3n) is 3.30. The number of nitrogens with one attached hydrogen (secondary N) is 1. The molecule has 1 aliphatic rings. The van der Waals surface area contributed by atoms with Crippen molar-refractivity contribution in [2.75, 3.05) is 19.8 Å². The zero-order valence-corrected chi connectivity index (χ0v) is 11.6. The number of ether oxygens (including phenoxy) is 1. The summed E-state index contributed by atoms with van der Waals surface area (Å²) >= 11 is 0. The van der Waals surface area contributed by atoms with E-state index in [2.05, 4.69) is 17.2 Å². The summed E-state index contributed by atoms with van der Waals surface area (Å²) in [5, 5.41) is 11.7. The largest absolute Gasteiger partial charge is 0.395 e. The van der Waals surface area contributed by atoms with Gasteiger partial charge in [0.15, 0.2) is 0 Å². The summed E-state index contributed by atoms with van der Waals surface area (Å²) in [7, 11) is 0. The van der Waals surface area contributed by atoms with Crippen LogP contribution in [0, 0.1) is 18.8 Å². The van der Waals surface area contributed by atoms with Crippen LogP contribution in [0.5, 0.6) is 0 Å². The van der Waals surface area contributed by atoms with Gasteiger partial charge in [-0.2, -0.15) is 0 Å². The third-order valence-corrected chi connectivity index (χ3v) is 3.30. The Kier molecular flexibility index (Phi) is 5.16. The van der Waals surface area contributed by atoms with Crippen molar-refractivity contribution >= 4 is 5.91 Å². The molecule has 4 nitrogen and oxygen atoms in total. The van der Waals surface area contributed by atoms with Gasteiger partial charge in [-0.05, 0) is 31.0 Å². The fraction of sp³-hybridized carbons (Fsp3) is 0.438. The molecule has 0 spiro atoms. The molecule has 1 aromatic carbocycles. The summed E-state index contributed by atoms with van der Waals surface area (Å²) in [5.41, 5.74) is 2.34. The van der Waals surface area contributed by atoms with E-state index in [0.717, 1.165) is 17.5 Å². The predicted molar refractivity (Wildman–Crippen MR) is 76.5 cm³/mol. The smallest absolute Gasteiger partial charge is 0.251 e. The molecule has 0 bridgehead atoms. The van der Waals surface area contributed by atoms with E-state index in [4.69, 9.17) is 9.84 Å². The Morgan fingerprint density at radius 1 is 1.55 bits per heavy atom. The maximum absolute atomic E-state index is 12.2. The Hall–Kier alpha value is -1.83. The second kappa shape index (κ2) is 7.09. The molecule has 4 heteroatoms. The van der Waals surface area contributed by atoms with Gasteiger partial charge in [0, 0.05) is 24.2 Å². The van der Waals surface area contributed by atoms with Gasteiger partial charge in [0.2, 0.25) is 0 Å². The molecule has 106 valence electrons. The maximum atomic E-state index is 12.2. The van der Waals surface area contributed by atoms with Crippen LogP contribution < -0.4 is 5.32 Å². The topological polar surface area (TPSA) is 58.6 Å². The molecule has 0 aromatic heterocycles. The summed E-state index contributed by atoms with van der Waals surface area (Å²) in [5.74, 6) is 5.79. The number of amides is 1. The Bertz CT molecular complexity index is 536. The van der Waals surface area contributed by atoms with Gasteiger partial charge in [-0.3, -0.25) is 4.79 Å². The highest BCUT2D eigenvalue weighted by atomic mass is 16.5. The molecule has 0 aliphatic carbocycles. The standard InChI is InChI=1S/C16H19NO3/c1-12-13(5-2-3-9-18)6-4-7-15(12)16(19)17-14-8-10-20-11-14/h4,6-7,14,18H,3,8-11H2,1H3,(H,17,19). The number of benzene rings is 1. The molecular formula is C16H19NO3. The first kappa shape index (κ1) is 14.6. The average molecular weight is 273 g/mol. The van der Waals surface area contributed by atoms with Crippen molar-refractivity contribution in [3.8, 4) is 11.8 Å². The molecule has 1 fully saturated rings. The number of carbonyl (C=O) groups is 1. The SMILES string of the molecule is Cc1c(C#CCCO)cccc1C(=O)NC1CCOC1. The van der Waals surface area contributed by atoms with Gasteiger partial charge in [0.05, 0.1) is 19.3 Å². The van der Waals surface area contributed by atoms with Crippen LogP contribution in [0.2, 0.25) is 0 Å². The van der Waals surface area contributed by atoms with Crippen LogP contribution in [0.1, 0.15) is 34.3 Å². The zero-order valence-electron chi connectivity index (χ0n) is 11.6. The second-order valence-electron chi connectivity index (χ2n) is 4.79. The van der Waals surface area contributed by atoms with Crippen LogP contribution in [0.4, 0.5) is 0 Å². The molecule has 1 unspecified atom stereocenters. The number of rotatable bonds is 3. The predicted octanol–water partition coefficient (Wildman–Crippen LogP) is 1.25. The quantitative estimate of drug-likeness (QED) is 0.815. The minimum Gasteiger partial charge on any atom is -0.395 e. The van der Waals surface area contributed by atoms with Gasteiger partial charge < -0.3 is 15.2 Å². The van der Waals surface area contributed by atoms with E-state index in [1.54, 1.807) is 6.07 Å². The van der Waals surface area contributed by atoms with Crippen LogP contribution in [0.15, 0.2) is 18.2 Å². The second-order valence-corrected chi connectivity index (χ2v) is 4.79. The lowest BCUT2D eigenvalue weighted by atomic mass is 10.0. The lowest BCUT2D eigenvalue weighted by Crippen LogP contribution is -2.35. The van der Waals surface area contributed by atoms with Gasteiger partial charge >= 0.3 is 0 Å². The van der Waals surface area contributed by atoms with Crippen LogP contribution >= 0.6 is 0 Å². The molecular weight excluding hydrogens is 254 g/mol. The Morgan fingerprint density at radius 2 is 2.40 bits per heavy atom. The van der Waals surface area contributed by atoms with Crippen molar-refractivity contribution in [3.63, 3.8) is 0 Å². The van der Waals surface area contributed by atoms with Crippen LogP contribution in [-0.4, -0.2) is 36.9 Å². The zero-order chi connectivity index (χ0) is 14.4. The van der Waals surface area contributed by atoms with E-state index in [9.17, 15) is 4.79 Å². The first-order valence-corrected chi connectivity index (χ1v) is 6.80. The normalized spacial score (nSPS) is 17.4. The van der Waals surface area contributed by atoms with Crippen LogP contribution in [-0.2, 0) is 4.74 Å². The van der Waals surface area contributed by atoms with Gasteiger partial charge in [0.1, 0.15) is 0 Å².